The zero-order valence-corrected chi connectivity index (χ0v) is 24.7. The molecule has 1 amide bonds. The predicted molar refractivity (Wildman–Crippen MR) is 159 cm³/mol. The molecule has 3 aromatic carbocycles. The van der Waals surface area contributed by atoms with E-state index in [4.69, 9.17) is 19.5 Å². The highest BCUT2D eigenvalue weighted by molar-refractivity contribution is 5.91. The standard InChI is InChI=1S/C34H38N2O5/c1-7-39-32(37)29(9-8-19-35)25-12-10-24(11-13-25)27-15-14-26(21-22(27)2)40-31-17-16-30-28(23(31)3)18-20-36(30)33(38)41-34(4,5)6/h10-17,21,29H,7-9,18,20H2,1-6H3. The molecule has 1 unspecified atom stereocenters. The van der Waals surface area contributed by atoms with E-state index in [1.807, 2.05) is 89.2 Å². The molecular weight excluding hydrogens is 516 g/mol. The summed E-state index contributed by atoms with van der Waals surface area (Å²) in [5.41, 5.74) is 6.42. The van der Waals surface area contributed by atoms with Crippen molar-refractivity contribution in [2.45, 2.75) is 72.3 Å². The number of aryl methyl sites for hydroxylation is 1. The van der Waals surface area contributed by atoms with E-state index in [0.717, 1.165) is 57.0 Å². The minimum Gasteiger partial charge on any atom is -0.466 e. The lowest BCUT2D eigenvalue weighted by molar-refractivity contribution is -0.145. The fourth-order valence-electron chi connectivity index (χ4n) is 5.17. The van der Waals surface area contributed by atoms with E-state index < -0.39 is 11.5 Å². The molecule has 0 aromatic heterocycles. The average Bonchev–Trinajstić information content (AvgIpc) is 3.36. The van der Waals surface area contributed by atoms with Gasteiger partial charge in [0, 0.05) is 13.0 Å². The molecular formula is C34H38N2O5. The van der Waals surface area contributed by atoms with E-state index in [2.05, 4.69) is 6.07 Å². The van der Waals surface area contributed by atoms with Gasteiger partial charge in [0.1, 0.15) is 17.1 Å². The Balaban J connectivity index is 1.50. The van der Waals surface area contributed by atoms with Crippen LogP contribution in [0.1, 0.15) is 68.7 Å². The summed E-state index contributed by atoms with van der Waals surface area (Å²) in [5.74, 6) is 0.736. The molecule has 0 saturated heterocycles. The number of nitriles is 1. The zero-order chi connectivity index (χ0) is 29.7. The molecule has 1 aliphatic rings. The van der Waals surface area contributed by atoms with Crippen LogP contribution in [0.4, 0.5) is 10.5 Å². The van der Waals surface area contributed by atoms with Gasteiger partial charge in [0.25, 0.3) is 0 Å². The molecule has 4 rings (SSSR count). The van der Waals surface area contributed by atoms with Gasteiger partial charge >= 0.3 is 12.1 Å². The lowest BCUT2D eigenvalue weighted by Gasteiger charge is -2.25. The van der Waals surface area contributed by atoms with Gasteiger partial charge in [-0.1, -0.05) is 30.3 Å². The lowest BCUT2D eigenvalue weighted by Crippen LogP contribution is -2.35. The summed E-state index contributed by atoms with van der Waals surface area (Å²) in [5, 5.41) is 9.00. The van der Waals surface area contributed by atoms with Gasteiger partial charge < -0.3 is 14.2 Å². The van der Waals surface area contributed by atoms with Crippen LogP contribution in [0.5, 0.6) is 11.5 Å². The van der Waals surface area contributed by atoms with Crippen LogP contribution in [-0.2, 0) is 20.7 Å². The molecule has 0 fully saturated rings. The van der Waals surface area contributed by atoms with Crippen LogP contribution < -0.4 is 9.64 Å². The van der Waals surface area contributed by atoms with Crippen LogP contribution in [-0.4, -0.2) is 30.8 Å². The maximum Gasteiger partial charge on any atom is 0.414 e. The number of carbonyl (C=O) groups excluding carboxylic acids is 2. The topological polar surface area (TPSA) is 88.9 Å². The van der Waals surface area contributed by atoms with E-state index in [1.54, 1.807) is 11.8 Å². The van der Waals surface area contributed by atoms with Crippen molar-refractivity contribution in [2.24, 2.45) is 0 Å². The van der Waals surface area contributed by atoms with E-state index >= 15 is 0 Å². The van der Waals surface area contributed by atoms with Crippen molar-refractivity contribution in [3.8, 4) is 28.7 Å². The molecule has 41 heavy (non-hydrogen) atoms. The molecule has 0 bridgehead atoms. The number of carbonyl (C=O) groups is 2. The number of ether oxygens (including phenoxy) is 3. The summed E-state index contributed by atoms with van der Waals surface area (Å²) in [6, 6.07) is 19.8. The summed E-state index contributed by atoms with van der Waals surface area (Å²) < 4.78 is 17.1. The molecule has 0 radical (unpaired) electrons. The van der Waals surface area contributed by atoms with Gasteiger partial charge in [0.2, 0.25) is 0 Å². The highest BCUT2D eigenvalue weighted by atomic mass is 16.6. The minimum atomic E-state index is -0.549. The number of anilines is 1. The van der Waals surface area contributed by atoms with Crippen molar-refractivity contribution in [3.05, 3.63) is 76.9 Å². The molecule has 1 aliphatic heterocycles. The minimum absolute atomic E-state index is 0.289. The number of fused-ring (bicyclic) bond motifs is 1. The highest BCUT2D eigenvalue weighted by Crippen LogP contribution is 2.39. The second kappa shape index (κ2) is 12.5. The third-order valence-electron chi connectivity index (χ3n) is 7.18. The van der Waals surface area contributed by atoms with Gasteiger partial charge in [-0.15, -0.1) is 0 Å². The first-order valence-corrected chi connectivity index (χ1v) is 14.1. The first kappa shape index (κ1) is 29.7. The second-order valence-electron chi connectivity index (χ2n) is 11.3. The summed E-state index contributed by atoms with van der Waals surface area (Å²) >= 11 is 0. The van der Waals surface area contributed by atoms with E-state index in [-0.39, 0.29) is 18.5 Å². The van der Waals surface area contributed by atoms with Gasteiger partial charge in [0.15, 0.2) is 0 Å². The van der Waals surface area contributed by atoms with E-state index in [9.17, 15) is 9.59 Å². The monoisotopic (exact) mass is 554 g/mol. The fraction of sp³-hybridized carbons (Fsp3) is 0.382. The SMILES string of the molecule is CCOC(=O)C(CCC#N)c1ccc(-c2ccc(Oc3ccc4c(c3C)CCN4C(=O)OC(C)(C)C)cc2C)cc1. The Hall–Kier alpha value is -4.31. The van der Waals surface area contributed by atoms with Crippen molar-refractivity contribution in [1.29, 1.82) is 5.26 Å². The van der Waals surface area contributed by atoms with E-state index in [1.165, 1.54) is 0 Å². The maximum absolute atomic E-state index is 12.7. The summed E-state index contributed by atoms with van der Waals surface area (Å²) in [7, 11) is 0. The smallest absolute Gasteiger partial charge is 0.414 e. The lowest BCUT2D eigenvalue weighted by atomic mass is 9.92. The van der Waals surface area contributed by atoms with Crippen LogP contribution in [0.3, 0.4) is 0 Å². The van der Waals surface area contributed by atoms with Gasteiger partial charge in [0.05, 0.1) is 24.3 Å². The Morgan fingerprint density at radius 2 is 1.78 bits per heavy atom. The fourth-order valence-corrected chi connectivity index (χ4v) is 5.17. The third kappa shape index (κ3) is 6.89. The van der Waals surface area contributed by atoms with Crippen LogP contribution in [0.15, 0.2) is 54.6 Å². The van der Waals surface area contributed by atoms with Crippen molar-refractivity contribution in [1.82, 2.24) is 0 Å². The summed E-state index contributed by atoms with van der Waals surface area (Å²) in [4.78, 5) is 26.8. The van der Waals surface area contributed by atoms with Crippen molar-refractivity contribution in [3.63, 3.8) is 0 Å². The molecule has 7 heteroatoms. The third-order valence-corrected chi connectivity index (χ3v) is 7.18. The summed E-state index contributed by atoms with van der Waals surface area (Å²) in [6.07, 6.45) is 1.14. The molecule has 0 spiro atoms. The number of nitrogens with zero attached hydrogens (tertiary/aromatic N) is 2. The Morgan fingerprint density at radius 3 is 2.41 bits per heavy atom. The number of rotatable bonds is 8. The maximum atomic E-state index is 12.7. The molecule has 7 nitrogen and oxygen atoms in total. The number of hydrogen-bond donors (Lipinski definition) is 0. The van der Waals surface area contributed by atoms with Crippen LogP contribution in [0.2, 0.25) is 0 Å². The normalized spacial score (nSPS) is 13.2. The largest absolute Gasteiger partial charge is 0.466 e. The van der Waals surface area contributed by atoms with E-state index in [0.29, 0.717) is 19.6 Å². The quantitative estimate of drug-likeness (QED) is 0.262. The second-order valence-corrected chi connectivity index (χ2v) is 11.3. The first-order valence-electron chi connectivity index (χ1n) is 14.1. The van der Waals surface area contributed by atoms with Crippen LogP contribution in [0, 0.1) is 25.2 Å². The van der Waals surface area contributed by atoms with Crippen molar-refractivity contribution >= 4 is 17.7 Å². The van der Waals surface area contributed by atoms with Crippen LogP contribution >= 0.6 is 0 Å². The van der Waals surface area contributed by atoms with Crippen molar-refractivity contribution in [2.75, 3.05) is 18.1 Å². The Morgan fingerprint density at radius 1 is 1.05 bits per heavy atom. The highest BCUT2D eigenvalue weighted by Gasteiger charge is 2.30. The molecule has 0 saturated carbocycles. The van der Waals surface area contributed by atoms with Crippen molar-refractivity contribution < 1.29 is 23.8 Å². The summed E-state index contributed by atoms with van der Waals surface area (Å²) in [6.45, 7) is 12.3. The van der Waals surface area contributed by atoms with Gasteiger partial charge in [-0.05, 0) is 112 Å². The average molecular weight is 555 g/mol. The Bertz CT molecular complexity index is 1460. The molecule has 0 N–H and O–H groups in total. The number of hydrogen-bond acceptors (Lipinski definition) is 6. The molecule has 1 atom stereocenters. The van der Waals surface area contributed by atoms with Gasteiger partial charge in [-0.2, -0.15) is 5.26 Å². The Kier molecular flexibility index (Phi) is 9.02. The number of amides is 1. The first-order chi connectivity index (χ1) is 19.5. The van der Waals surface area contributed by atoms with Gasteiger partial charge in [-0.25, -0.2) is 4.79 Å². The Labute approximate surface area is 242 Å². The molecule has 1 heterocycles. The number of benzene rings is 3. The van der Waals surface area contributed by atoms with Gasteiger partial charge in [-0.3, -0.25) is 9.69 Å². The van der Waals surface area contributed by atoms with Crippen LogP contribution in [0.25, 0.3) is 11.1 Å². The molecule has 3 aromatic rings. The zero-order valence-electron chi connectivity index (χ0n) is 24.7. The molecule has 0 aliphatic carbocycles. The number of esters is 1. The molecule has 214 valence electrons. The predicted octanol–water partition coefficient (Wildman–Crippen LogP) is 8.01.